The van der Waals surface area contributed by atoms with Crippen molar-refractivity contribution in [2.75, 3.05) is 13.2 Å². The number of benzene rings is 3. The van der Waals surface area contributed by atoms with Gasteiger partial charge in [-0.1, -0.05) is 40.9 Å². The van der Waals surface area contributed by atoms with Gasteiger partial charge in [0.25, 0.3) is 0 Å². The monoisotopic (exact) mass is 504 g/mol. The third kappa shape index (κ3) is 4.14. The number of aliphatic hydroxyl groups is 1. The van der Waals surface area contributed by atoms with Crippen LogP contribution in [0.1, 0.15) is 11.6 Å². The molecule has 1 fully saturated rings. The van der Waals surface area contributed by atoms with Crippen LogP contribution in [-0.4, -0.2) is 43.5 Å². The summed E-state index contributed by atoms with van der Waals surface area (Å²) in [5.74, 6) is 0. The SMILES string of the molecule is Cc1ccc(S(=O)(=O)N[C@H]2COC[C@@H](n3c4ccc(Cl)cc4c4cc(Cl)ccc43)[C@@H]2O)cc1. The summed E-state index contributed by atoms with van der Waals surface area (Å²) < 4.78 is 36.3. The molecule has 1 aliphatic rings. The fourth-order valence-electron chi connectivity index (χ4n) is 4.45. The zero-order valence-electron chi connectivity index (χ0n) is 17.7. The van der Waals surface area contributed by atoms with Gasteiger partial charge < -0.3 is 14.4 Å². The molecule has 6 nitrogen and oxygen atoms in total. The zero-order chi connectivity index (χ0) is 23.3. The third-order valence-electron chi connectivity index (χ3n) is 6.09. The lowest BCUT2D eigenvalue weighted by Crippen LogP contribution is -2.53. The van der Waals surface area contributed by atoms with Crippen molar-refractivity contribution in [3.05, 3.63) is 76.3 Å². The van der Waals surface area contributed by atoms with E-state index >= 15 is 0 Å². The molecule has 4 aromatic rings. The Hall–Kier alpha value is -2.13. The van der Waals surface area contributed by atoms with E-state index in [1.807, 2.05) is 35.8 Å². The number of nitrogens with one attached hydrogen (secondary N) is 1. The number of hydrogen-bond acceptors (Lipinski definition) is 4. The number of halogens is 2. The minimum atomic E-state index is -3.83. The highest BCUT2D eigenvalue weighted by Gasteiger charge is 2.37. The Morgan fingerprint density at radius 2 is 1.52 bits per heavy atom. The number of nitrogens with zero attached hydrogens (tertiary/aromatic N) is 1. The van der Waals surface area contributed by atoms with E-state index < -0.39 is 28.2 Å². The highest BCUT2D eigenvalue weighted by atomic mass is 35.5. The minimum Gasteiger partial charge on any atom is -0.389 e. The average Bonchev–Trinajstić information content (AvgIpc) is 3.08. The van der Waals surface area contributed by atoms with Crippen LogP contribution in [-0.2, 0) is 14.8 Å². The standard InChI is InChI=1S/C24H22Cl2N2O4S/c1-14-2-6-17(7-3-14)33(30,31)27-20-12-32-13-23(24(20)29)28-21-8-4-15(25)10-18(21)19-11-16(26)5-9-22(19)28/h2-11,20,23-24,27,29H,12-13H2,1H3/t20-,23+,24+/m0/s1. The first kappa shape index (κ1) is 22.7. The molecule has 1 aliphatic heterocycles. The molecule has 1 saturated heterocycles. The van der Waals surface area contributed by atoms with Crippen molar-refractivity contribution < 1.29 is 18.3 Å². The number of sulfonamides is 1. The van der Waals surface area contributed by atoms with Gasteiger partial charge in [-0.3, -0.25) is 0 Å². The number of ether oxygens (including phenoxy) is 1. The van der Waals surface area contributed by atoms with Crippen LogP contribution in [0.2, 0.25) is 10.0 Å². The zero-order valence-corrected chi connectivity index (χ0v) is 20.0. The van der Waals surface area contributed by atoms with Crippen molar-refractivity contribution >= 4 is 55.0 Å². The first-order valence-electron chi connectivity index (χ1n) is 10.5. The fraction of sp³-hybridized carbons (Fsp3) is 0.250. The highest BCUT2D eigenvalue weighted by molar-refractivity contribution is 7.89. The van der Waals surface area contributed by atoms with Crippen LogP contribution in [0.25, 0.3) is 21.8 Å². The van der Waals surface area contributed by atoms with Crippen molar-refractivity contribution in [2.45, 2.75) is 30.0 Å². The van der Waals surface area contributed by atoms with Crippen molar-refractivity contribution in [3.63, 3.8) is 0 Å². The maximum Gasteiger partial charge on any atom is 0.240 e. The number of aliphatic hydroxyl groups excluding tert-OH is 1. The summed E-state index contributed by atoms with van der Waals surface area (Å²) in [5, 5.41) is 14.3. The minimum absolute atomic E-state index is 0.0670. The number of hydrogen-bond donors (Lipinski definition) is 2. The van der Waals surface area contributed by atoms with Crippen LogP contribution < -0.4 is 4.72 Å². The summed E-state index contributed by atoms with van der Waals surface area (Å²) in [6, 6.07) is 16.3. The van der Waals surface area contributed by atoms with Crippen LogP contribution in [0.5, 0.6) is 0 Å². The molecule has 9 heteroatoms. The van der Waals surface area contributed by atoms with Gasteiger partial charge in [0.2, 0.25) is 10.0 Å². The predicted molar refractivity (Wildman–Crippen MR) is 131 cm³/mol. The quantitative estimate of drug-likeness (QED) is 0.422. The Bertz CT molecular complexity index is 1390. The largest absolute Gasteiger partial charge is 0.389 e. The molecule has 0 aliphatic carbocycles. The summed E-state index contributed by atoms with van der Waals surface area (Å²) in [6.07, 6.45) is -1.02. The Morgan fingerprint density at radius 1 is 0.939 bits per heavy atom. The second-order valence-corrected chi connectivity index (χ2v) is 10.9. The van der Waals surface area contributed by atoms with Gasteiger partial charge in [-0.15, -0.1) is 0 Å². The third-order valence-corrected chi connectivity index (χ3v) is 8.06. The van der Waals surface area contributed by atoms with E-state index in [4.69, 9.17) is 27.9 Å². The van der Waals surface area contributed by atoms with E-state index in [2.05, 4.69) is 4.72 Å². The molecule has 0 saturated carbocycles. The molecule has 172 valence electrons. The lowest BCUT2D eigenvalue weighted by Gasteiger charge is -2.36. The average molecular weight is 505 g/mol. The number of fused-ring (bicyclic) bond motifs is 3. The normalized spacial score (nSPS) is 21.6. The molecule has 33 heavy (non-hydrogen) atoms. The van der Waals surface area contributed by atoms with Gasteiger partial charge in [-0.25, -0.2) is 13.1 Å². The van der Waals surface area contributed by atoms with E-state index in [9.17, 15) is 13.5 Å². The second kappa shape index (κ2) is 8.58. The fourth-order valence-corrected chi connectivity index (χ4v) is 6.03. The molecule has 0 radical (unpaired) electrons. The molecule has 0 spiro atoms. The summed E-state index contributed by atoms with van der Waals surface area (Å²) in [7, 11) is -3.83. The first-order chi connectivity index (χ1) is 15.7. The number of rotatable bonds is 4. The molecule has 2 N–H and O–H groups in total. The van der Waals surface area contributed by atoms with Gasteiger partial charge in [0, 0.05) is 31.9 Å². The molecule has 2 heterocycles. The van der Waals surface area contributed by atoms with Crippen molar-refractivity contribution in [3.8, 4) is 0 Å². The van der Waals surface area contributed by atoms with Gasteiger partial charge in [-0.05, 0) is 55.5 Å². The molecule has 1 aromatic heterocycles. The topological polar surface area (TPSA) is 80.6 Å². The number of aryl methyl sites for hydroxylation is 1. The Kier molecular flexibility index (Phi) is 5.89. The maximum atomic E-state index is 12.9. The van der Waals surface area contributed by atoms with Crippen LogP contribution in [0.4, 0.5) is 0 Å². The molecule has 0 amide bonds. The summed E-state index contributed by atoms with van der Waals surface area (Å²) in [4.78, 5) is 0.142. The molecule has 0 bridgehead atoms. The van der Waals surface area contributed by atoms with Crippen LogP contribution >= 0.6 is 23.2 Å². The van der Waals surface area contributed by atoms with E-state index in [0.717, 1.165) is 27.4 Å². The maximum absolute atomic E-state index is 12.9. The smallest absolute Gasteiger partial charge is 0.240 e. The first-order valence-corrected chi connectivity index (χ1v) is 12.7. The van der Waals surface area contributed by atoms with Gasteiger partial charge >= 0.3 is 0 Å². The van der Waals surface area contributed by atoms with Gasteiger partial charge in [0.1, 0.15) is 0 Å². The summed E-state index contributed by atoms with van der Waals surface area (Å²) >= 11 is 12.5. The molecule has 0 unspecified atom stereocenters. The summed E-state index contributed by atoms with van der Waals surface area (Å²) in [6.45, 7) is 2.19. The van der Waals surface area contributed by atoms with Crippen LogP contribution in [0.3, 0.4) is 0 Å². The Morgan fingerprint density at radius 3 is 2.09 bits per heavy atom. The lowest BCUT2D eigenvalue weighted by atomic mass is 10.0. The molecule has 3 atom stereocenters. The van der Waals surface area contributed by atoms with E-state index in [-0.39, 0.29) is 18.1 Å². The molecule has 5 rings (SSSR count). The van der Waals surface area contributed by atoms with Crippen LogP contribution in [0, 0.1) is 6.92 Å². The highest BCUT2D eigenvalue weighted by Crippen LogP contribution is 2.37. The Balaban J connectivity index is 1.54. The molecule has 3 aromatic carbocycles. The lowest BCUT2D eigenvalue weighted by molar-refractivity contribution is -0.0461. The predicted octanol–water partition coefficient (Wildman–Crippen LogP) is 4.69. The van der Waals surface area contributed by atoms with Gasteiger partial charge in [0.05, 0.1) is 36.3 Å². The number of aromatic nitrogens is 1. The Labute approximate surface area is 201 Å². The second-order valence-electron chi connectivity index (χ2n) is 8.33. The molecular formula is C24H22Cl2N2O4S. The van der Waals surface area contributed by atoms with Crippen LogP contribution in [0.15, 0.2) is 65.6 Å². The van der Waals surface area contributed by atoms with E-state index in [1.54, 1.807) is 36.4 Å². The van der Waals surface area contributed by atoms with Crippen molar-refractivity contribution in [2.24, 2.45) is 0 Å². The van der Waals surface area contributed by atoms with E-state index in [1.165, 1.54) is 0 Å². The van der Waals surface area contributed by atoms with E-state index in [0.29, 0.717) is 10.0 Å². The van der Waals surface area contributed by atoms with Crippen molar-refractivity contribution in [1.82, 2.24) is 9.29 Å². The van der Waals surface area contributed by atoms with Gasteiger partial charge in [-0.2, -0.15) is 0 Å². The molecular weight excluding hydrogens is 483 g/mol. The van der Waals surface area contributed by atoms with Gasteiger partial charge in [0.15, 0.2) is 0 Å². The van der Waals surface area contributed by atoms with Crippen molar-refractivity contribution in [1.29, 1.82) is 0 Å². The summed E-state index contributed by atoms with van der Waals surface area (Å²) in [5.41, 5.74) is 2.67.